The number of β-lactam (4-membered cyclic amide) rings is 1. The summed E-state index contributed by atoms with van der Waals surface area (Å²) >= 11 is 1.42. The standard InChI is InChI=1S/C31H30N2O6S.C18H28O3S/c1-31(2)26(30(37)39-19-23(34)21-14-8-4-9-15-21)33-28(36)24(29(33)40-31)32-27(35)25(22-16-10-5-11-17-22)38-18-20-12-6-3-7-13-20;1-3-4-5-6-7-8-11-22(19)15(2)12-16-9-10-17-18(13-16)21-14-20-17/h3-17,24-26,29H,18-19H2,1-2H3,(H,32,35);9-10,13,15H,3-8,11-12,14H2,1-2H3/t24?,25?,26-,29+;/m0./s1. The van der Waals surface area contributed by atoms with Gasteiger partial charge in [0.2, 0.25) is 12.7 Å². The fourth-order valence-electron chi connectivity index (χ4n) is 7.70. The first-order valence-electron chi connectivity index (χ1n) is 21.5. The van der Waals surface area contributed by atoms with Crippen molar-refractivity contribution in [3.63, 3.8) is 0 Å². The number of carbonyl (C=O) groups is 4. The number of ketones is 1. The van der Waals surface area contributed by atoms with Crippen LogP contribution in [-0.4, -0.2) is 79.3 Å². The van der Waals surface area contributed by atoms with Crippen molar-refractivity contribution in [1.29, 1.82) is 0 Å². The van der Waals surface area contributed by atoms with E-state index in [4.69, 9.17) is 18.9 Å². The summed E-state index contributed by atoms with van der Waals surface area (Å²) in [7, 11) is -0.743. The molecule has 0 radical (unpaired) electrons. The van der Waals surface area contributed by atoms with Crippen LogP contribution in [0.1, 0.15) is 99.4 Å². The largest absolute Gasteiger partial charge is 0.456 e. The summed E-state index contributed by atoms with van der Waals surface area (Å²) in [5.41, 5.74) is 3.21. The Morgan fingerprint density at radius 2 is 1.50 bits per heavy atom. The van der Waals surface area contributed by atoms with Crippen LogP contribution in [0.2, 0.25) is 0 Å². The zero-order chi connectivity index (χ0) is 44.1. The van der Waals surface area contributed by atoms with Gasteiger partial charge in [0.15, 0.2) is 30.0 Å². The monoisotopic (exact) mass is 882 g/mol. The minimum atomic E-state index is -0.924. The van der Waals surface area contributed by atoms with Crippen molar-refractivity contribution in [2.24, 2.45) is 0 Å². The van der Waals surface area contributed by atoms with Gasteiger partial charge in [-0.15, -0.1) is 11.8 Å². The number of Topliss-reactive ketones (excluding diaryl/α,β-unsaturated/α-hetero) is 1. The van der Waals surface area contributed by atoms with E-state index < -0.39 is 57.6 Å². The second kappa shape index (κ2) is 22.4. The molecule has 2 saturated heterocycles. The number of thioether (sulfide) groups is 1. The smallest absolute Gasteiger partial charge is 0.330 e. The number of ether oxygens (including phenoxy) is 4. The van der Waals surface area contributed by atoms with Crippen LogP contribution in [0, 0.1) is 0 Å². The van der Waals surface area contributed by atoms with E-state index in [0.29, 0.717) is 17.9 Å². The fraction of sp³-hybridized carbons (Fsp3) is 0.429. The molecule has 3 aliphatic rings. The maximum Gasteiger partial charge on any atom is 0.330 e. The van der Waals surface area contributed by atoms with Crippen LogP contribution in [0.15, 0.2) is 109 Å². The van der Waals surface area contributed by atoms with E-state index in [2.05, 4.69) is 19.2 Å². The predicted molar refractivity (Wildman–Crippen MR) is 242 cm³/mol. The number of unbranched alkanes of at least 4 members (excludes halogenated alkanes) is 5. The lowest BCUT2D eigenvalue weighted by atomic mass is 9.95. The van der Waals surface area contributed by atoms with Crippen LogP contribution < -0.4 is 14.8 Å². The minimum absolute atomic E-state index is 0.191. The van der Waals surface area contributed by atoms with Gasteiger partial charge in [0, 0.05) is 32.1 Å². The van der Waals surface area contributed by atoms with Gasteiger partial charge in [-0.05, 0) is 55.5 Å². The molecule has 1 N–H and O–H groups in total. The summed E-state index contributed by atoms with van der Waals surface area (Å²) in [6.45, 7) is 8.12. The quantitative estimate of drug-likeness (QED) is 0.0399. The Morgan fingerprint density at radius 1 is 0.855 bits per heavy atom. The molecule has 13 heteroatoms. The van der Waals surface area contributed by atoms with Gasteiger partial charge in [-0.25, -0.2) is 4.79 Å². The average molecular weight is 883 g/mol. The Balaban J connectivity index is 0.000000246. The highest BCUT2D eigenvalue weighted by atomic mass is 32.2. The lowest BCUT2D eigenvalue weighted by molar-refractivity contribution is -0.164. The van der Waals surface area contributed by atoms with E-state index in [1.54, 1.807) is 42.5 Å². The number of fused-ring (bicyclic) bond motifs is 2. The molecule has 4 aromatic rings. The van der Waals surface area contributed by atoms with E-state index in [9.17, 15) is 23.4 Å². The van der Waals surface area contributed by atoms with Crippen LogP contribution in [0.3, 0.4) is 0 Å². The highest BCUT2D eigenvalue weighted by Crippen LogP contribution is 2.51. The maximum atomic E-state index is 13.4. The summed E-state index contributed by atoms with van der Waals surface area (Å²) in [4.78, 5) is 53.7. The Labute approximate surface area is 372 Å². The van der Waals surface area contributed by atoms with Crippen molar-refractivity contribution in [3.8, 4) is 11.5 Å². The van der Waals surface area contributed by atoms with Gasteiger partial charge in [-0.2, -0.15) is 0 Å². The van der Waals surface area contributed by atoms with Crippen LogP contribution in [0.5, 0.6) is 11.5 Å². The third-order valence-electron chi connectivity index (χ3n) is 11.1. The number of esters is 1. The number of rotatable bonds is 20. The van der Waals surface area contributed by atoms with Gasteiger partial charge in [0.25, 0.3) is 5.91 Å². The maximum absolute atomic E-state index is 13.4. The third kappa shape index (κ3) is 12.1. The van der Waals surface area contributed by atoms with Crippen LogP contribution >= 0.6 is 11.8 Å². The molecule has 0 aromatic heterocycles. The summed E-state index contributed by atoms with van der Waals surface area (Å²) in [5, 5.41) is 2.60. The van der Waals surface area contributed by atoms with Gasteiger partial charge in [0.1, 0.15) is 17.5 Å². The van der Waals surface area contributed by atoms with Crippen molar-refractivity contribution in [3.05, 3.63) is 131 Å². The molecule has 0 aliphatic carbocycles. The number of hydrogen-bond donors (Lipinski definition) is 1. The van der Waals surface area contributed by atoms with Gasteiger partial charge in [-0.1, -0.05) is 143 Å². The molecule has 3 aliphatic heterocycles. The molecular formula is C49H58N2O9S2. The number of amides is 2. The number of hydrogen-bond acceptors (Lipinski definition) is 10. The van der Waals surface area contributed by atoms with Gasteiger partial charge >= 0.3 is 5.97 Å². The fourth-order valence-corrected chi connectivity index (χ4v) is 10.6. The van der Waals surface area contributed by atoms with E-state index in [-0.39, 0.29) is 23.5 Å². The SMILES string of the molecule is CC1(C)S[C@@H]2C(NC(=O)C(OCc3ccccc3)c3ccccc3)C(=O)N2[C@H]1C(=O)OCC(=O)c1ccccc1.CCCCCCCCS(=O)C(C)Cc1ccc2c(c1)OCO2. The van der Waals surface area contributed by atoms with E-state index in [1.807, 2.05) is 80.6 Å². The first-order chi connectivity index (χ1) is 30.0. The second-order valence-electron chi connectivity index (χ2n) is 16.3. The zero-order valence-electron chi connectivity index (χ0n) is 36.0. The Morgan fingerprint density at radius 3 is 2.21 bits per heavy atom. The lowest BCUT2D eigenvalue weighted by Gasteiger charge is -2.44. The molecular weight excluding hydrogens is 825 g/mol. The molecule has 0 bridgehead atoms. The van der Waals surface area contributed by atoms with Crippen molar-refractivity contribution >= 4 is 46.1 Å². The van der Waals surface area contributed by atoms with Crippen molar-refractivity contribution in [2.45, 2.75) is 113 Å². The van der Waals surface area contributed by atoms with Crippen LogP contribution in [0.25, 0.3) is 0 Å². The van der Waals surface area contributed by atoms with E-state index in [0.717, 1.165) is 35.7 Å². The zero-order valence-corrected chi connectivity index (χ0v) is 37.6. The number of nitrogens with zero attached hydrogens (tertiary/aromatic N) is 1. The Hall–Kier alpha value is -4.98. The number of benzene rings is 4. The predicted octanol–water partition coefficient (Wildman–Crippen LogP) is 8.37. The van der Waals surface area contributed by atoms with Crippen LogP contribution in [0.4, 0.5) is 0 Å². The number of carbonyl (C=O) groups excluding carboxylic acids is 4. The second-order valence-corrected chi connectivity index (χ2v) is 20.0. The minimum Gasteiger partial charge on any atom is -0.456 e. The molecule has 2 fully saturated rings. The lowest BCUT2D eigenvalue weighted by Crippen LogP contribution is -2.71. The highest BCUT2D eigenvalue weighted by molar-refractivity contribution is 8.01. The molecule has 0 spiro atoms. The van der Waals surface area contributed by atoms with E-state index >= 15 is 0 Å². The van der Waals surface area contributed by atoms with Gasteiger partial charge < -0.3 is 29.2 Å². The van der Waals surface area contributed by atoms with E-state index in [1.165, 1.54) is 54.3 Å². The summed E-state index contributed by atoms with van der Waals surface area (Å²) in [6.07, 6.45) is 7.40. The van der Waals surface area contributed by atoms with Crippen molar-refractivity contribution < 1.29 is 42.3 Å². The Kier molecular flexibility index (Phi) is 16.8. The van der Waals surface area contributed by atoms with Crippen molar-refractivity contribution in [2.75, 3.05) is 19.2 Å². The first kappa shape index (κ1) is 46.5. The summed E-state index contributed by atoms with van der Waals surface area (Å²) in [5.74, 6) is 0.682. The first-order valence-corrected chi connectivity index (χ1v) is 23.7. The average Bonchev–Trinajstić information content (AvgIpc) is 3.86. The molecule has 4 unspecified atom stereocenters. The third-order valence-corrected chi connectivity index (χ3v) is 14.4. The molecule has 3 heterocycles. The molecule has 7 rings (SSSR count). The molecule has 2 amide bonds. The molecule has 6 atom stereocenters. The van der Waals surface area contributed by atoms with Gasteiger partial charge in [0.05, 0.1) is 6.61 Å². The van der Waals surface area contributed by atoms with Gasteiger partial charge in [-0.3, -0.25) is 18.6 Å². The topological polar surface area (TPSA) is 138 Å². The normalized spacial score (nSPS) is 19.5. The number of nitrogens with one attached hydrogen (secondary N) is 1. The van der Waals surface area contributed by atoms with Crippen molar-refractivity contribution in [1.82, 2.24) is 10.2 Å². The molecule has 0 saturated carbocycles. The Bertz CT molecular complexity index is 2140. The summed E-state index contributed by atoms with van der Waals surface area (Å²) < 4.78 is 33.7. The molecule has 4 aromatic carbocycles. The summed E-state index contributed by atoms with van der Waals surface area (Å²) in [6, 6.07) is 31.5. The molecule has 62 heavy (non-hydrogen) atoms. The molecule has 11 nitrogen and oxygen atoms in total. The highest BCUT2D eigenvalue weighted by Gasteiger charge is 2.64. The molecule has 330 valence electrons. The van der Waals surface area contributed by atoms with Crippen LogP contribution in [-0.2, 0) is 47.7 Å².